The Kier molecular flexibility index (Phi) is 7.11. The first-order chi connectivity index (χ1) is 15.8. The number of nitrogens with one attached hydrogen (secondary N) is 1. The molecule has 0 radical (unpaired) electrons. The van der Waals surface area contributed by atoms with Crippen LogP contribution in [0.15, 0.2) is 29.5 Å². The van der Waals surface area contributed by atoms with Crippen molar-refractivity contribution in [1.82, 2.24) is 10.2 Å². The number of thioether (sulfide) groups is 1. The van der Waals surface area contributed by atoms with Crippen molar-refractivity contribution in [2.75, 3.05) is 25.7 Å². The van der Waals surface area contributed by atoms with E-state index in [4.69, 9.17) is 19.9 Å². The minimum Gasteiger partial charge on any atom is -0.477 e. The molecule has 1 unspecified atom stereocenters. The smallest absolute Gasteiger partial charge is 0.352 e. The molecule has 0 spiro atoms. The average Bonchev–Trinajstić information content (AvgIpc) is 3.25. The fourth-order valence-corrected chi connectivity index (χ4v) is 5.44. The number of hydrogen-bond acceptors (Lipinski definition) is 9. The second-order valence-corrected chi connectivity index (χ2v) is 9.28. The Morgan fingerprint density at radius 1 is 1.36 bits per heavy atom. The van der Waals surface area contributed by atoms with Crippen molar-refractivity contribution in [3.63, 3.8) is 0 Å². The third-order valence-corrected chi connectivity index (χ3v) is 7.12. The van der Waals surface area contributed by atoms with Crippen molar-refractivity contribution < 1.29 is 33.7 Å². The molecular formula is C22H27N3O7S. The zero-order valence-electron chi connectivity index (χ0n) is 18.2. The summed E-state index contributed by atoms with van der Waals surface area (Å²) in [6, 6.07) is 5.29. The van der Waals surface area contributed by atoms with Gasteiger partial charge < -0.3 is 30.4 Å². The number of β-lactam (4-membered cyclic amide) rings is 1. The lowest BCUT2D eigenvalue weighted by atomic mass is 10.0. The number of aryl methyl sites for hydroxylation is 1. The molecule has 33 heavy (non-hydrogen) atoms. The quantitative estimate of drug-likeness (QED) is 0.328. The Balaban J connectivity index is 1.24. The van der Waals surface area contributed by atoms with Crippen LogP contribution in [0.1, 0.15) is 25.3 Å². The molecule has 178 valence electrons. The molecule has 3 aliphatic heterocycles. The number of carboxylic acid groups (broad SMARTS) is 1. The van der Waals surface area contributed by atoms with Gasteiger partial charge in [-0.2, -0.15) is 0 Å². The van der Waals surface area contributed by atoms with Gasteiger partial charge >= 0.3 is 11.9 Å². The second-order valence-electron chi connectivity index (χ2n) is 8.17. The van der Waals surface area contributed by atoms with Crippen molar-refractivity contribution in [3.05, 3.63) is 35.0 Å². The molecule has 1 amide bonds. The van der Waals surface area contributed by atoms with Gasteiger partial charge in [0, 0.05) is 30.8 Å². The molecule has 1 aromatic carbocycles. The summed E-state index contributed by atoms with van der Waals surface area (Å²) in [4.78, 5) is 36.8. The number of nitrogens with two attached hydrogens (primary N) is 1. The van der Waals surface area contributed by atoms with Crippen LogP contribution >= 0.6 is 11.8 Å². The SMILES string of the molecule is CC(=O)OCC1=C(C(=O)O)N2C(=O)[C@@H](NCC(N)CCCc3ccc4c(c3)OCO4)[C@H]2SC1. The Labute approximate surface area is 195 Å². The number of hydrogen-bond donors (Lipinski definition) is 3. The maximum atomic E-state index is 12.7. The Morgan fingerprint density at radius 3 is 2.91 bits per heavy atom. The number of esters is 1. The topological polar surface area (TPSA) is 140 Å². The van der Waals surface area contributed by atoms with Gasteiger partial charge in [0.2, 0.25) is 12.7 Å². The third-order valence-electron chi connectivity index (χ3n) is 5.78. The number of aliphatic carboxylic acids is 1. The summed E-state index contributed by atoms with van der Waals surface area (Å²) in [5.74, 6) is -0.0993. The highest BCUT2D eigenvalue weighted by Crippen LogP contribution is 2.40. The highest BCUT2D eigenvalue weighted by Gasteiger charge is 2.53. The van der Waals surface area contributed by atoms with E-state index in [0.29, 0.717) is 17.9 Å². The van der Waals surface area contributed by atoms with E-state index in [0.717, 1.165) is 36.3 Å². The van der Waals surface area contributed by atoms with Gasteiger partial charge in [0.1, 0.15) is 23.7 Å². The number of ether oxygens (including phenoxy) is 3. The Bertz CT molecular complexity index is 983. The first-order valence-electron chi connectivity index (χ1n) is 10.8. The normalized spacial score (nSPS) is 22.0. The van der Waals surface area contributed by atoms with Gasteiger partial charge in [0.25, 0.3) is 0 Å². The highest BCUT2D eigenvalue weighted by atomic mass is 32.2. The number of fused-ring (bicyclic) bond motifs is 2. The van der Waals surface area contributed by atoms with Crippen LogP contribution in [-0.2, 0) is 25.5 Å². The minimum atomic E-state index is -1.20. The monoisotopic (exact) mass is 477 g/mol. The number of carbonyl (C=O) groups excluding carboxylic acids is 2. The molecule has 0 aromatic heterocycles. The highest BCUT2D eigenvalue weighted by molar-refractivity contribution is 8.00. The molecule has 3 heterocycles. The number of amides is 1. The second kappa shape index (κ2) is 10.0. The van der Waals surface area contributed by atoms with Gasteiger partial charge in [0.05, 0.1) is 0 Å². The van der Waals surface area contributed by atoms with Crippen LogP contribution in [0, 0.1) is 0 Å². The summed E-state index contributed by atoms with van der Waals surface area (Å²) in [5, 5.41) is 12.5. The van der Waals surface area contributed by atoms with E-state index in [1.807, 2.05) is 18.2 Å². The van der Waals surface area contributed by atoms with E-state index >= 15 is 0 Å². The van der Waals surface area contributed by atoms with Crippen LogP contribution in [0.2, 0.25) is 0 Å². The third kappa shape index (κ3) is 5.10. The predicted molar refractivity (Wildman–Crippen MR) is 120 cm³/mol. The predicted octanol–water partition coefficient (Wildman–Crippen LogP) is 0.840. The van der Waals surface area contributed by atoms with Crippen molar-refractivity contribution in [2.45, 2.75) is 43.6 Å². The lowest BCUT2D eigenvalue weighted by Crippen LogP contribution is -2.70. The maximum Gasteiger partial charge on any atom is 0.352 e. The van der Waals surface area contributed by atoms with E-state index in [2.05, 4.69) is 5.32 Å². The van der Waals surface area contributed by atoms with Gasteiger partial charge in [0.15, 0.2) is 11.5 Å². The zero-order valence-corrected chi connectivity index (χ0v) is 19.1. The fourth-order valence-electron chi connectivity index (χ4n) is 4.08. The van der Waals surface area contributed by atoms with E-state index in [1.165, 1.54) is 23.6 Å². The largest absolute Gasteiger partial charge is 0.477 e. The maximum absolute atomic E-state index is 12.7. The number of rotatable bonds is 10. The standard InChI is InChI=1S/C22H27N3O7S/c1-12(26)30-9-14-10-33-21-18(20(27)25(21)19(14)22(28)29)24-8-15(23)4-2-3-13-5-6-16-17(7-13)32-11-31-16/h5-7,15,18,21,24H,2-4,8-11,23H2,1H3,(H,28,29)/t15?,18-,21-/m1/s1. The van der Waals surface area contributed by atoms with Gasteiger partial charge in [-0.15, -0.1) is 11.8 Å². The minimum absolute atomic E-state index is 0.0870. The zero-order chi connectivity index (χ0) is 23.5. The van der Waals surface area contributed by atoms with Crippen LogP contribution in [0.5, 0.6) is 11.5 Å². The van der Waals surface area contributed by atoms with Crippen LogP contribution in [0.4, 0.5) is 0 Å². The van der Waals surface area contributed by atoms with Crippen LogP contribution in [-0.4, -0.2) is 71.0 Å². The molecule has 1 fully saturated rings. The molecule has 0 aliphatic carbocycles. The number of nitrogens with zero attached hydrogens (tertiary/aromatic N) is 1. The van der Waals surface area contributed by atoms with E-state index in [1.54, 1.807) is 0 Å². The first-order valence-corrected chi connectivity index (χ1v) is 11.8. The Morgan fingerprint density at radius 2 is 2.15 bits per heavy atom. The number of carbonyl (C=O) groups is 3. The molecule has 4 rings (SSSR count). The van der Waals surface area contributed by atoms with Crippen LogP contribution in [0.25, 0.3) is 0 Å². The molecule has 10 nitrogen and oxygen atoms in total. The molecule has 4 N–H and O–H groups in total. The first kappa shape index (κ1) is 23.4. The van der Waals surface area contributed by atoms with Crippen LogP contribution < -0.4 is 20.5 Å². The van der Waals surface area contributed by atoms with Gasteiger partial charge in [-0.25, -0.2) is 4.79 Å². The van der Waals surface area contributed by atoms with Crippen molar-refractivity contribution in [2.24, 2.45) is 5.73 Å². The lowest BCUT2D eigenvalue weighted by Gasteiger charge is -2.49. The molecule has 0 saturated carbocycles. The summed E-state index contributed by atoms with van der Waals surface area (Å²) in [6.07, 6.45) is 2.52. The summed E-state index contributed by atoms with van der Waals surface area (Å²) in [7, 11) is 0. The summed E-state index contributed by atoms with van der Waals surface area (Å²) in [6.45, 7) is 1.83. The number of carboxylic acids is 1. The lowest BCUT2D eigenvalue weighted by molar-refractivity contribution is -0.149. The average molecular weight is 478 g/mol. The van der Waals surface area contributed by atoms with E-state index < -0.39 is 18.0 Å². The van der Waals surface area contributed by atoms with Gasteiger partial charge in [-0.1, -0.05) is 6.07 Å². The van der Waals surface area contributed by atoms with Crippen molar-refractivity contribution >= 4 is 29.6 Å². The fraction of sp³-hybridized carbons (Fsp3) is 0.500. The van der Waals surface area contributed by atoms with Gasteiger partial charge in [-0.3, -0.25) is 14.5 Å². The van der Waals surface area contributed by atoms with Crippen molar-refractivity contribution in [1.29, 1.82) is 0 Å². The molecule has 11 heteroatoms. The van der Waals surface area contributed by atoms with Crippen molar-refractivity contribution in [3.8, 4) is 11.5 Å². The Hall–Kier alpha value is -2.76. The van der Waals surface area contributed by atoms with Gasteiger partial charge in [-0.05, 0) is 37.0 Å². The molecule has 3 atom stereocenters. The van der Waals surface area contributed by atoms with E-state index in [-0.39, 0.29) is 36.4 Å². The summed E-state index contributed by atoms with van der Waals surface area (Å²) in [5.41, 5.74) is 7.73. The molecule has 1 saturated heterocycles. The molecule has 3 aliphatic rings. The molecular weight excluding hydrogens is 450 g/mol. The summed E-state index contributed by atoms with van der Waals surface area (Å²) < 4.78 is 15.7. The summed E-state index contributed by atoms with van der Waals surface area (Å²) >= 11 is 1.45. The molecule has 0 bridgehead atoms. The number of benzene rings is 1. The van der Waals surface area contributed by atoms with E-state index in [9.17, 15) is 19.5 Å². The van der Waals surface area contributed by atoms with Crippen LogP contribution in [0.3, 0.4) is 0 Å². The molecule has 1 aromatic rings.